The molecule has 0 aromatic rings. The third-order valence-electron chi connectivity index (χ3n) is 3.73. The molecule has 2 aliphatic rings. The summed E-state index contributed by atoms with van der Waals surface area (Å²) >= 11 is 0. The maximum Gasteiger partial charge on any atom is 0.397 e. The van der Waals surface area contributed by atoms with E-state index in [2.05, 4.69) is 5.10 Å². The summed E-state index contributed by atoms with van der Waals surface area (Å²) in [5.41, 5.74) is 0.252. The first-order chi connectivity index (χ1) is 10.7. The van der Waals surface area contributed by atoms with E-state index in [-0.39, 0.29) is 56.5 Å². The summed E-state index contributed by atoms with van der Waals surface area (Å²) in [7, 11) is 1.46. The van der Waals surface area contributed by atoms with Crippen LogP contribution in [0, 0.1) is 0 Å². The van der Waals surface area contributed by atoms with Crippen LogP contribution in [-0.4, -0.2) is 77.6 Å². The highest BCUT2D eigenvalue weighted by Gasteiger charge is 2.35. The number of hydrogen-bond donors (Lipinski definition) is 0. The molecule has 0 N–H and O–H groups in total. The minimum absolute atomic E-state index is 0.0582. The van der Waals surface area contributed by atoms with E-state index in [1.54, 1.807) is 0 Å². The van der Waals surface area contributed by atoms with E-state index in [1.807, 2.05) is 0 Å². The van der Waals surface area contributed by atoms with Crippen molar-refractivity contribution in [1.29, 1.82) is 0 Å². The van der Waals surface area contributed by atoms with Crippen LogP contribution in [0.25, 0.3) is 0 Å². The van der Waals surface area contributed by atoms with Crippen LogP contribution in [0.15, 0.2) is 5.10 Å². The molecule has 23 heavy (non-hydrogen) atoms. The molecule has 2 heterocycles. The van der Waals surface area contributed by atoms with E-state index in [1.165, 1.54) is 11.9 Å². The molecule has 2 rings (SSSR count). The number of carbonyl (C=O) groups is 3. The molecule has 0 radical (unpaired) electrons. The number of halogens is 3. The van der Waals surface area contributed by atoms with Crippen LogP contribution >= 0.6 is 0 Å². The lowest BCUT2D eigenvalue weighted by molar-refractivity contribution is -0.163. The number of rotatable bonds is 2. The lowest BCUT2D eigenvalue weighted by atomic mass is 10.1. The summed E-state index contributed by atoms with van der Waals surface area (Å²) in [4.78, 5) is 37.7. The highest BCUT2D eigenvalue weighted by atomic mass is 19.4. The Bertz CT molecular complexity index is 539. The molecule has 10 heteroatoms. The Morgan fingerprint density at radius 2 is 1.65 bits per heavy atom. The minimum atomic E-state index is -4.53. The fraction of sp³-hybridized carbons (Fsp3) is 0.692. The van der Waals surface area contributed by atoms with Gasteiger partial charge in [-0.3, -0.25) is 14.4 Å². The van der Waals surface area contributed by atoms with Crippen molar-refractivity contribution in [2.24, 2.45) is 5.10 Å². The SMILES string of the molecule is CN1N=C(C(=O)N2CCN(C(=O)CC(F)(F)F)CC2)CCC1=O. The van der Waals surface area contributed by atoms with E-state index in [0.717, 1.165) is 9.91 Å². The second-order valence-corrected chi connectivity index (χ2v) is 5.43. The summed E-state index contributed by atoms with van der Waals surface area (Å²) in [5, 5.41) is 5.03. The molecule has 1 fully saturated rings. The first kappa shape index (κ1) is 17.2. The molecule has 0 unspecified atom stereocenters. The Hall–Kier alpha value is -2.13. The Morgan fingerprint density at radius 1 is 1.09 bits per heavy atom. The van der Waals surface area contributed by atoms with Gasteiger partial charge < -0.3 is 9.80 Å². The zero-order chi connectivity index (χ0) is 17.2. The van der Waals surface area contributed by atoms with Crippen molar-refractivity contribution in [3.05, 3.63) is 0 Å². The molecule has 0 aromatic carbocycles. The quantitative estimate of drug-likeness (QED) is 0.725. The van der Waals surface area contributed by atoms with Gasteiger partial charge in [0.05, 0.1) is 0 Å². The Kier molecular flexibility index (Phi) is 4.90. The van der Waals surface area contributed by atoms with Gasteiger partial charge in [0.2, 0.25) is 11.8 Å². The van der Waals surface area contributed by atoms with E-state index < -0.39 is 18.5 Å². The molecule has 0 aliphatic carbocycles. The summed E-state index contributed by atoms with van der Waals surface area (Å²) in [6, 6.07) is 0. The Balaban J connectivity index is 1.89. The van der Waals surface area contributed by atoms with E-state index in [0.29, 0.717) is 0 Å². The van der Waals surface area contributed by atoms with E-state index in [4.69, 9.17) is 0 Å². The monoisotopic (exact) mass is 334 g/mol. The average Bonchev–Trinajstić information content (AvgIpc) is 2.48. The summed E-state index contributed by atoms with van der Waals surface area (Å²) in [5.74, 6) is -1.50. The number of carbonyl (C=O) groups excluding carboxylic acids is 3. The fourth-order valence-electron chi connectivity index (χ4n) is 2.45. The molecule has 128 valence electrons. The number of piperazine rings is 1. The summed E-state index contributed by atoms with van der Waals surface area (Å²) in [6.07, 6.45) is -5.57. The van der Waals surface area contributed by atoms with Gasteiger partial charge in [-0.05, 0) is 0 Å². The average molecular weight is 334 g/mol. The second kappa shape index (κ2) is 6.55. The van der Waals surface area contributed by atoms with Gasteiger partial charge in [-0.15, -0.1) is 0 Å². The zero-order valence-corrected chi connectivity index (χ0v) is 12.6. The van der Waals surface area contributed by atoms with Gasteiger partial charge in [-0.2, -0.15) is 18.3 Å². The molecule has 0 bridgehead atoms. The van der Waals surface area contributed by atoms with Gasteiger partial charge in [-0.1, -0.05) is 0 Å². The topological polar surface area (TPSA) is 73.3 Å². The zero-order valence-electron chi connectivity index (χ0n) is 12.6. The van der Waals surface area contributed by atoms with E-state index in [9.17, 15) is 27.6 Å². The first-order valence-corrected chi connectivity index (χ1v) is 7.15. The van der Waals surface area contributed by atoms with E-state index >= 15 is 0 Å². The van der Waals surface area contributed by atoms with Crippen molar-refractivity contribution in [2.75, 3.05) is 33.2 Å². The van der Waals surface area contributed by atoms with Crippen LogP contribution in [0.3, 0.4) is 0 Å². The molecule has 7 nitrogen and oxygen atoms in total. The van der Waals surface area contributed by atoms with Crippen molar-refractivity contribution in [3.8, 4) is 0 Å². The summed E-state index contributed by atoms with van der Waals surface area (Å²) < 4.78 is 36.7. The van der Waals surface area contributed by atoms with Crippen molar-refractivity contribution in [2.45, 2.75) is 25.4 Å². The first-order valence-electron chi connectivity index (χ1n) is 7.15. The molecule has 3 amide bonds. The largest absolute Gasteiger partial charge is 0.397 e. The Labute approximate surface area is 130 Å². The normalized spacial score (nSPS) is 19.7. The van der Waals surface area contributed by atoms with Crippen LogP contribution < -0.4 is 0 Å². The van der Waals surface area contributed by atoms with Crippen LogP contribution in [-0.2, 0) is 14.4 Å². The number of alkyl halides is 3. The van der Waals surface area contributed by atoms with Gasteiger partial charge in [0, 0.05) is 46.1 Å². The molecule has 0 atom stereocenters. The van der Waals surface area contributed by atoms with Crippen molar-refractivity contribution >= 4 is 23.4 Å². The van der Waals surface area contributed by atoms with Gasteiger partial charge in [0.25, 0.3) is 5.91 Å². The van der Waals surface area contributed by atoms with Gasteiger partial charge >= 0.3 is 6.18 Å². The predicted octanol–water partition coefficient (Wildman–Crippen LogP) is 0.218. The van der Waals surface area contributed by atoms with Crippen LogP contribution in [0.2, 0.25) is 0 Å². The fourth-order valence-corrected chi connectivity index (χ4v) is 2.45. The molecular weight excluding hydrogens is 317 g/mol. The number of hydrogen-bond acceptors (Lipinski definition) is 4. The van der Waals surface area contributed by atoms with Gasteiger partial charge in [-0.25, -0.2) is 5.01 Å². The maximum absolute atomic E-state index is 12.3. The number of nitrogens with zero attached hydrogens (tertiary/aromatic N) is 4. The maximum atomic E-state index is 12.3. The lowest BCUT2D eigenvalue weighted by Crippen LogP contribution is -2.53. The standard InChI is InChI=1S/C13H17F3N4O3/c1-18-10(21)3-2-9(17-18)12(23)20-6-4-19(5-7-20)11(22)8-13(14,15)16/h2-8H2,1H3. The number of amides is 3. The molecule has 1 saturated heterocycles. The van der Waals surface area contributed by atoms with Crippen molar-refractivity contribution < 1.29 is 27.6 Å². The smallest absolute Gasteiger partial charge is 0.339 e. The van der Waals surface area contributed by atoms with Crippen LogP contribution in [0.4, 0.5) is 13.2 Å². The third kappa shape index (κ3) is 4.42. The third-order valence-corrected chi connectivity index (χ3v) is 3.73. The van der Waals surface area contributed by atoms with Gasteiger partial charge in [0.1, 0.15) is 12.1 Å². The molecule has 0 saturated carbocycles. The lowest BCUT2D eigenvalue weighted by Gasteiger charge is -2.35. The summed E-state index contributed by atoms with van der Waals surface area (Å²) in [6.45, 7) is 0.420. The second-order valence-electron chi connectivity index (χ2n) is 5.43. The van der Waals surface area contributed by atoms with Crippen LogP contribution in [0.5, 0.6) is 0 Å². The highest BCUT2D eigenvalue weighted by Crippen LogP contribution is 2.21. The minimum Gasteiger partial charge on any atom is -0.339 e. The van der Waals surface area contributed by atoms with Crippen molar-refractivity contribution in [3.63, 3.8) is 0 Å². The highest BCUT2D eigenvalue weighted by molar-refractivity contribution is 6.39. The van der Waals surface area contributed by atoms with Crippen molar-refractivity contribution in [1.82, 2.24) is 14.8 Å². The van der Waals surface area contributed by atoms with Crippen LogP contribution in [0.1, 0.15) is 19.3 Å². The molecule has 2 aliphatic heterocycles. The number of hydrazone groups is 1. The van der Waals surface area contributed by atoms with Gasteiger partial charge in [0.15, 0.2) is 0 Å². The molecule has 0 aromatic heterocycles. The molecule has 0 spiro atoms. The molecular formula is C13H17F3N4O3. The predicted molar refractivity (Wildman–Crippen MR) is 73.3 cm³/mol. The Morgan fingerprint density at radius 3 is 2.17 bits per heavy atom.